The fraction of sp³-hybridized carbons (Fsp3) is 0.500. The number of methoxy groups -OCH3 is 1. The summed E-state index contributed by atoms with van der Waals surface area (Å²) in [4.78, 5) is 29.8. The van der Waals surface area contributed by atoms with Crippen molar-refractivity contribution in [2.75, 3.05) is 20.2 Å². The molecule has 0 radical (unpaired) electrons. The Bertz CT molecular complexity index is 794. The normalized spacial score (nSPS) is 15.0. The molecule has 7 nitrogen and oxygen atoms in total. The molecule has 1 aliphatic rings. The van der Waals surface area contributed by atoms with E-state index in [4.69, 9.17) is 4.52 Å². The fourth-order valence-electron chi connectivity index (χ4n) is 3.32. The maximum Gasteiger partial charge on any atom is 0.305 e. The molecule has 0 unspecified atom stereocenters. The maximum absolute atomic E-state index is 12.3. The van der Waals surface area contributed by atoms with Crippen molar-refractivity contribution in [3.63, 3.8) is 0 Å². The van der Waals surface area contributed by atoms with Crippen molar-refractivity contribution in [2.24, 2.45) is 0 Å². The second kappa shape index (κ2) is 8.79. The van der Waals surface area contributed by atoms with Gasteiger partial charge in [0, 0.05) is 37.4 Å². The third-order valence-corrected chi connectivity index (χ3v) is 4.91. The molecule has 0 saturated carbocycles. The molecule has 3 rings (SSSR count). The number of hydrogen-bond acceptors (Lipinski definition) is 6. The van der Waals surface area contributed by atoms with Crippen LogP contribution in [0.15, 0.2) is 28.8 Å². The van der Waals surface area contributed by atoms with Crippen LogP contribution >= 0.6 is 0 Å². The van der Waals surface area contributed by atoms with E-state index in [2.05, 4.69) is 14.9 Å². The van der Waals surface area contributed by atoms with Gasteiger partial charge in [-0.2, -0.15) is 4.98 Å². The van der Waals surface area contributed by atoms with Crippen molar-refractivity contribution in [1.29, 1.82) is 0 Å². The summed E-state index contributed by atoms with van der Waals surface area (Å²) in [7, 11) is 1.36. The van der Waals surface area contributed by atoms with Gasteiger partial charge in [0.25, 0.3) is 0 Å². The van der Waals surface area contributed by atoms with E-state index in [9.17, 15) is 9.59 Å². The van der Waals surface area contributed by atoms with E-state index in [1.807, 2.05) is 36.1 Å². The summed E-state index contributed by atoms with van der Waals surface area (Å²) in [5, 5.41) is 4.11. The van der Waals surface area contributed by atoms with E-state index in [1.165, 1.54) is 7.11 Å². The number of piperidine rings is 1. The van der Waals surface area contributed by atoms with E-state index in [0.29, 0.717) is 37.6 Å². The van der Waals surface area contributed by atoms with Gasteiger partial charge in [-0.15, -0.1) is 0 Å². The van der Waals surface area contributed by atoms with Gasteiger partial charge in [0.15, 0.2) is 0 Å². The summed E-state index contributed by atoms with van der Waals surface area (Å²) < 4.78 is 10.1. The van der Waals surface area contributed by atoms with E-state index in [-0.39, 0.29) is 24.2 Å². The predicted molar refractivity (Wildman–Crippen MR) is 98.9 cm³/mol. The Kier molecular flexibility index (Phi) is 6.21. The smallest absolute Gasteiger partial charge is 0.305 e. The van der Waals surface area contributed by atoms with Crippen LogP contribution in [-0.2, 0) is 14.3 Å². The molecule has 0 bridgehead atoms. The molecule has 1 aromatic carbocycles. The lowest BCUT2D eigenvalue weighted by Gasteiger charge is -2.30. The Labute approximate surface area is 158 Å². The van der Waals surface area contributed by atoms with Crippen LogP contribution in [0.5, 0.6) is 0 Å². The topological polar surface area (TPSA) is 85.5 Å². The summed E-state index contributed by atoms with van der Waals surface area (Å²) in [5.41, 5.74) is 2.10. The zero-order chi connectivity index (χ0) is 19.2. The number of carbonyl (C=O) groups excluding carboxylic acids is 2. The minimum Gasteiger partial charge on any atom is -0.469 e. The van der Waals surface area contributed by atoms with Gasteiger partial charge in [-0.05, 0) is 32.3 Å². The van der Waals surface area contributed by atoms with Crippen LogP contribution in [-0.4, -0.2) is 47.1 Å². The van der Waals surface area contributed by atoms with Gasteiger partial charge in [-0.25, -0.2) is 0 Å². The minimum absolute atomic E-state index is 0.0864. The Hall–Kier alpha value is -2.70. The van der Waals surface area contributed by atoms with Crippen LogP contribution in [0, 0.1) is 6.92 Å². The van der Waals surface area contributed by atoms with Gasteiger partial charge in [0.05, 0.1) is 7.11 Å². The van der Waals surface area contributed by atoms with Gasteiger partial charge in [-0.1, -0.05) is 28.9 Å². The summed E-state index contributed by atoms with van der Waals surface area (Å²) in [5.74, 6) is 1.24. The number of aromatic nitrogens is 2. The molecule has 0 atom stereocenters. The molecular formula is C20H25N3O4. The van der Waals surface area contributed by atoms with Gasteiger partial charge >= 0.3 is 5.97 Å². The number of hydrogen-bond donors (Lipinski definition) is 0. The van der Waals surface area contributed by atoms with Gasteiger partial charge < -0.3 is 14.2 Å². The van der Waals surface area contributed by atoms with Crippen molar-refractivity contribution in [1.82, 2.24) is 15.0 Å². The Morgan fingerprint density at radius 3 is 2.74 bits per heavy atom. The highest BCUT2D eigenvalue weighted by Gasteiger charge is 2.27. The first-order valence-corrected chi connectivity index (χ1v) is 9.32. The van der Waals surface area contributed by atoms with Crippen molar-refractivity contribution in [3.8, 4) is 11.4 Å². The first kappa shape index (κ1) is 19.1. The van der Waals surface area contributed by atoms with Gasteiger partial charge in [0.1, 0.15) is 0 Å². The predicted octanol–water partition coefficient (Wildman–Crippen LogP) is 3.09. The van der Waals surface area contributed by atoms with Crippen LogP contribution in [0.2, 0.25) is 0 Å². The van der Waals surface area contributed by atoms with Crippen LogP contribution in [0.4, 0.5) is 0 Å². The number of aryl methyl sites for hydroxylation is 1. The lowest BCUT2D eigenvalue weighted by molar-refractivity contribution is -0.141. The average Bonchev–Trinajstić information content (AvgIpc) is 3.18. The molecule has 0 N–H and O–H groups in total. The quantitative estimate of drug-likeness (QED) is 0.726. The molecule has 1 fully saturated rings. The largest absolute Gasteiger partial charge is 0.469 e. The van der Waals surface area contributed by atoms with Crippen LogP contribution in [0.25, 0.3) is 11.4 Å². The first-order valence-electron chi connectivity index (χ1n) is 9.32. The van der Waals surface area contributed by atoms with E-state index < -0.39 is 0 Å². The highest BCUT2D eigenvalue weighted by molar-refractivity contribution is 5.77. The standard InChI is InChI=1S/C20H25N3O4/c1-14-5-3-6-16(13-14)19-21-20(27-22-19)15-9-11-23(12-10-15)17(24)7-4-8-18(25)26-2/h3,5-6,13,15H,4,7-12H2,1-2H3. The highest BCUT2D eigenvalue weighted by atomic mass is 16.5. The summed E-state index contributed by atoms with van der Waals surface area (Å²) in [6.45, 7) is 3.37. The van der Waals surface area contributed by atoms with Crippen LogP contribution in [0.1, 0.15) is 49.5 Å². The number of benzene rings is 1. The molecule has 27 heavy (non-hydrogen) atoms. The molecule has 1 saturated heterocycles. The number of likely N-dealkylation sites (tertiary alicyclic amines) is 1. The molecule has 2 heterocycles. The Morgan fingerprint density at radius 1 is 1.26 bits per heavy atom. The molecule has 1 aliphatic heterocycles. The Morgan fingerprint density at radius 2 is 2.04 bits per heavy atom. The van der Waals surface area contributed by atoms with E-state index >= 15 is 0 Å². The highest BCUT2D eigenvalue weighted by Crippen LogP contribution is 2.29. The zero-order valence-corrected chi connectivity index (χ0v) is 15.8. The number of ether oxygens (including phenoxy) is 1. The molecule has 0 aliphatic carbocycles. The zero-order valence-electron chi connectivity index (χ0n) is 15.8. The first-order chi connectivity index (χ1) is 13.1. The van der Waals surface area contributed by atoms with Crippen molar-refractivity contribution in [3.05, 3.63) is 35.7 Å². The van der Waals surface area contributed by atoms with Crippen LogP contribution < -0.4 is 0 Å². The number of esters is 1. The number of rotatable bonds is 6. The second-order valence-electron chi connectivity index (χ2n) is 6.91. The fourth-order valence-corrected chi connectivity index (χ4v) is 3.32. The SMILES string of the molecule is COC(=O)CCCC(=O)N1CCC(c2nc(-c3cccc(C)c3)no2)CC1. The molecule has 0 spiro atoms. The monoisotopic (exact) mass is 371 g/mol. The molecule has 2 aromatic rings. The number of carbonyl (C=O) groups is 2. The number of nitrogens with zero attached hydrogens (tertiary/aromatic N) is 3. The molecule has 7 heteroatoms. The number of amides is 1. The summed E-state index contributed by atoms with van der Waals surface area (Å²) in [6, 6.07) is 8.01. The summed E-state index contributed by atoms with van der Waals surface area (Å²) >= 11 is 0. The lowest BCUT2D eigenvalue weighted by Crippen LogP contribution is -2.37. The molecule has 1 aromatic heterocycles. The van der Waals surface area contributed by atoms with E-state index in [1.54, 1.807) is 0 Å². The second-order valence-corrected chi connectivity index (χ2v) is 6.91. The van der Waals surface area contributed by atoms with Crippen molar-refractivity contribution < 1.29 is 18.8 Å². The van der Waals surface area contributed by atoms with Gasteiger partial charge in [0.2, 0.25) is 17.6 Å². The summed E-state index contributed by atoms with van der Waals surface area (Å²) in [6.07, 6.45) is 2.78. The molecular weight excluding hydrogens is 346 g/mol. The Balaban J connectivity index is 1.51. The van der Waals surface area contributed by atoms with Crippen molar-refractivity contribution in [2.45, 2.75) is 44.9 Å². The van der Waals surface area contributed by atoms with Gasteiger partial charge in [-0.3, -0.25) is 9.59 Å². The minimum atomic E-state index is -0.276. The lowest BCUT2D eigenvalue weighted by atomic mass is 9.96. The van der Waals surface area contributed by atoms with Crippen LogP contribution in [0.3, 0.4) is 0 Å². The van der Waals surface area contributed by atoms with Crippen molar-refractivity contribution >= 4 is 11.9 Å². The maximum atomic E-state index is 12.3. The molecule has 144 valence electrons. The third-order valence-electron chi connectivity index (χ3n) is 4.91. The average molecular weight is 371 g/mol. The van der Waals surface area contributed by atoms with E-state index in [0.717, 1.165) is 24.0 Å². The third kappa shape index (κ3) is 4.93. The molecule has 1 amide bonds.